The summed E-state index contributed by atoms with van der Waals surface area (Å²) in [6.07, 6.45) is 3.00. The van der Waals surface area contributed by atoms with Crippen molar-refractivity contribution in [2.75, 3.05) is 4.90 Å². The molecule has 1 aliphatic rings. The van der Waals surface area contributed by atoms with Crippen LogP contribution in [0.5, 0.6) is 0 Å². The maximum Gasteiger partial charge on any atom is 0.302 e. The molecule has 0 aliphatic carbocycles. The maximum absolute atomic E-state index is 12.8. The first-order valence-corrected chi connectivity index (χ1v) is 8.37. The molecule has 6 nitrogen and oxygen atoms in total. The van der Waals surface area contributed by atoms with E-state index in [4.69, 9.17) is 0 Å². The molecule has 1 atom stereocenters. The Morgan fingerprint density at radius 1 is 0.852 bits per heavy atom. The van der Waals surface area contributed by atoms with E-state index in [2.05, 4.69) is 9.97 Å². The molecule has 132 valence electrons. The van der Waals surface area contributed by atoms with Crippen molar-refractivity contribution in [3.63, 3.8) is 0 Å². The molecule has 0 bridgehead atoms. The fourth-order valence-corrected chi connectivity index (χ4v) is 3.16. The fourth-order valence-electron chi connectivity index (χ4n) is 3.16. The van der Waals surface area contributed by atoms with Gasteiger partial charge in [0.25, 0.3) is 5.78 Å². The summed E-state index contributed by atoms with van der Waals surface area (Å²) in [5, 5.41) is 10.8. The molecule has 2 aromatic carbocycles. The van der Waals surface area contributed by atoms with Crippen molar-refractivity contribution in [1.29, 1.82) is 0 Å². The van der Waals surface area contributed by atoms with Crippen LogP contribution in [0.1, 0.15) is 17.2 Å². The number of hydrogen-bond acceptors (Lipinski definition) is 5. The van der Waals surface area contributed by atoms with Crippen molar-refractivity contribution in [1.82, 2.24) is 9.97 Å². The van der Waals surface area contributed by atoms with Gasteiger partial charge >= 0.3 is 5.91 Å². The smallest absolute Gasteiger partial charge is 0.302 e. The Labute approximate surface area is 155 Å². The molecule has 3 aromatic rings. The molecular formula is C21H15N3O3. The first kappa shape index (κ1) is 16.7. The molecular weight excluding hydrogens is 342 g/mol. The number of aliphatic hydroxyl groups is 1. The zero-order valence-electron chi connectivity index (χ0n) is 14.2. The summed E-state index contributed by atoms with van der Waals surface area (Å²) in [5.41, 5.74) is 1.16. The summed E-state index contributed by atoms with van der Waals surface area (Å²) in [5.74, 6) is -1.65. The molecule has 1 fully saturated rings. The van der Waals surface area contributed by atoms with Crippen LogP contribution in [0.2, 0.25) is 0 Å². The van der Waals surface area contributed by atoms with Crippen LogP contribution >= 0.6 is 0 Å². The number of carbonyl (C=O) groups excluding carboxylic acids is 2. The standard InChI is InChI=1S/C21H15N3O3/c25-18(15-10-5-2-6-11-15)16-17(14-8-3-1-4-9-14)24(20(27)19(16)26)21-22-12-7-13-23-21/h1-13,17,25H/t17-/m1/s1. The zero-order chi connectivity index (χ0) is 18.8. The lowest BCUT2D eigenvalue weighted by Crippen LogP contribution is -2.31. The number of amides is 1. The van der Waals surface area contributed by atoms with Crippen LogP contribution in [-0.2, 0) is 9.59 Å². The molecule has 1 aliphatic heterocycles. The van der Waals surface area contributed by atoms with E-state index in [0.717, 1.165) is 0 Å². The Balaban J connectivity index is 1.95. The number of Topliss-reactive ketones (excluding diaryl/α,β-unsaturated/α-hetero) is 1. The van der Waals surface area contributed by atoms with Gasteiger partial charge in [-0.3, -0.25) is 14.5 Å². The van der Waals surface area contributed by atoms with E-state index in [9.17, 15) is 14.7 Å². The molecule has 0 saturated carbocycles. The third kappa shape index (κ3) is 2.87. The molecule has 0 spiro atoms. The van der Waals surface area contributed by atoms with Gasteiger partial charge in [-0.1, -0.05) is 60.7 Å². The topological polar surface area (TPSA) is 83.4 Å². The van der Waals surface area contributed by atoms with Crippen molar-refractivity contribution in [3.8, 4) is 0 Å². The highest BCUT2D eigenvalue weighted by Crippen LogP contribution is 2.40. The first-order valence-electron chi connectivity index (χ1n) is 8.37. The van der Waals surface area contributed by atoms with Crippen LogP contribution in [0, 0.1) is 0 Å². The minimum atomic E-state index is -0.811. The van der Waals surface area contributed by atoms with Crippen LogP contribution in [0.4, 0.5) is 5.95 Å². The average molecular weight is 357 g/mol. The molecule has 1 N–H and O–H groups in total. The molecule has 2 heterocycles. The monoisotopic (exact) mass is 357 g/mol. The molecule has 1 saturated heterocycles. The van der Waals surface area contributed by atoms with Gasteiger partial charge in [-0.05, 0) is 11.6 Å². The highest BCUT2D eigenvalue weighted by Gasteiger charge is 2.48. The Morgan fingerprint density at radius 2 is 1.44 bits per heavy atom. The molecule has 27 heavy (non-hydrogen) atoms. The Hall–Kier alpha value is -3.80. The summed E-state index contributed by atoms with van der Waals surface area (Å²) in [6, 6.07) is 18.5. The second-order valence-electron chi connectivity index (χ2n) is 5.99. The third-order valence-corrected chi connectivity index (χ3v) is 4.37. The lowest BCUT2D eigenvalue weighted by atomic mass is 9.95. The summed E-state index contributed by atoms with van der Waals surface area (Å²) in [4.78, 5) is 35.1. The number of hydrogen-bond donors (Lipinski definition) is 1. The fraction of sp³-hybridized carbons (Fsp3) is 0.0476. The van der Waals surface area contributed by atoms with E-state index in [0.29, 0.717) is 11.1 Å². The molecule has 1 amide bonds. The molecule has 1 aromatic heterocycles. The number of aromatic nitrogens is 2. The van der Waals surface area contributed by atoms with Gasteiger partial charge in [-0.25, -0.2) is 9.97 Å². The Kier molecular flexibility index (Phi) is 4.22. The predicted molar refractivity (Wildman–Crippen MR) is 99.7 cm³/mol. The van der Waals surface area contributed by atoms with Gasteiger partial charge in [0.15, 0.2) is 0 Å². The SMILES string of the molecule is O=C1C(=O)N(c2ncccn2)[C@H](c2ccccc2)C1=C(O)c1ccccc1. The van der Waals surface area contributed by atoms with E-state index in [-0.39, 0.29) is 17.3 Å². The van der Waals surface area contributed by atoms with Crippen molar-refractivity contribution in [2.24, 2.45) is 0 Å². The predicted octanol–water partition coefficient (Wildman–Crippen LogP) is 3.10. The minimum absolute atomic E-state index is 0.0184. The Bertz CT molecular complexity index is 1020. The normalized spacial score (nSPS) is 18.7. The number of aliphatic hydroxyl groups excluding tert-OH is 1. The van der Waals surface area contributed by atoms with E-state index in [1.807, 2.05) is 24.3 Å². The zero-order valence-corrected chi connectivity index (χ0v) is 14.2. The van der Waals surface area contributed by atoms with Crippen molar-refractivity contribution in [2.45, 2.75) is 6.04 Å². The first-order chi connectivity index (χ1) is 13.2. The van der Waals surface area contributed by atoms with Crippen LogP contribution in [0.3, 0.4) is 0 Å². The second-order valence-corrected chi connectivity index (χ2v) is 5.99. The number of rotatable bonds is 3. The summed E-state index contributed by atoms with van der Waals surface area (Å²) in [7, 11) is 0. The summed E-state index contributed by atoms with van der Waals surface area (Å²) < 4.78 is 0. The minimum Gasteiger partial charge on any atom is -0.507 e. The second kappa shape index (κ2) is 6.84. The number of ketones is 1. The lowest BCUT2D eigenvalue weighted by Gasteiger charge is -2.23. The van der Waals surface area contributed by atoms with Gasteiger partial charge in [-0.15, -0.1) is 0 Å². The van der Waals surface area contributed by atoms with Crippen LogP contribution in [0.25, 0.3) is 5.76 Å². The van der Waals surface area contributed by atoms with E-state index in [1.54, 1.807) is 42.5 Å². The van der Waals surface area contributed by atoms with Crippen molar-refractivity contribution >= 4 is 23.4 Å². The largest absolute Gasteiger partial charge is 0.507 e. The van der Waals surface area contributed by atoms with Crippen molar-refractivity contribution < 1.29 is 14.7 Å². The lowest BCUT2D eigenvalue weighted by molar-refractivity contribution is -0.132. The highest BCUT2D eigenvalue weighted by atomic mass is 16.3. The number of nitrogens with zero attached hydrogens (tertiary/aromatic N) is 3. The van der Waals surface area contributed by atoms with E-state index in [1.165, 1.54) is 17.3 Å². The number of carbonyl (C=O) groups is 2. The molecule has 0 radical (unpaired) electrons. The van der Waals surface area contributed by atoms with Crippen molar-refractivity contribution in [3.05, 3.63) is 95.8 Å². The van der Waals surface area contributed by atoms with E-state index < -0.39 is 17.7 Å². The summed E-state index contributed by atoms with van der Waals surface area (Å²) >= 11 is 0. The van der Waals surface area contributed by atoms with E-state index >= 15 is 0 Å². The van der Waals surface area contributed by atoms with Gasteiger partial charge in [-0.2, -0.15) is 0 Å². The number of anilines is 1. The van der Waals surface area contributed by atoms with Crippen LogP contribution in [0.15, 0.2) is 84.7 Å². The molecule has 4 rings (SSSR count). The third-order valence-electron chi connectivity index (χ3n) is 4.37. The van der Waals surface area contributed by atoms with Gasteiger partial charge < -0.3 is 5.11 Å². The van der Waals surface area contributed by atoms with Gasteiger partial charge in [0, 0.05) is 18.0 Å². The van der Waals surface area contributed by atoms with Gasteiger partial charge in [0.1, 0.15) is 5.76 Å². The average Bonchev–Trinajstić information content (AvgIpc) is 3.00. The van der Waals surface area contributed by atoms with Crippen LogP contribution in [-0.4, -0.2) is 26.8 Å². The molecule has 6 heteroatoms. The summed E-state index contributed by atoms with van der Waals surface area (Å²) in [6.45, 7) is 0. The molecule has 0 unspecified atom stereocenters. The number of benzene rings is 2. The maximum atomic E-state index is 12.8. The highest BCUT2D eigenvalue weighted by molar-refractivity contribution is 6.51. The van der Waals surface area contributed by atoms with Crippen LogP contribution < -0.4 is 4.90 Å². The quantitative estimate of drug-likeness (QED) is 0.442. The van der Waals surface area contributed by atoms with Gasteiger partial charge in [0.2, 0.25) is 5.95 Å². The Morgan fingerprint density at radius 3 is 2.07 bits per heavy atom. The van der Waals surface area contributed by atoms with Gasteiger partial charge in [0.05, 0.1) is 11.6 Å².